The van der Waals surface area contributed by atoms with E-state index in [1.54, 1.807) is 0 Å². The van der Waals surface area contributed by atoms with Crippen molar-refractivity contribution in [2.75, 3.05) is 0 Å². The van der Waals surface area contributed by atoms with Crippen LogP contribution in [0.25, 0.3) is 11.3 Å². The van der Waals surface area contributed by atoms with Gasteiger partial charge in [-0.05, 0) is 55.9 Å². The number of H-pyrrole nitrogens is 1. The minimum Gasteiger partial charge on any atom is -0.310 e. The molecular weight excluding hydrogens is 224 g/mol. The van der Waals surface area contributed by atoms with Crippen LogP contribution in [0.5, 0.6) is 0 Å². The standard InChI is InChI=1S/C15H16N2O/c1-10-8-14(17-15(18)16-10)13-7-6-11-4-2-3-5-12(11)9-13/h6-9H,2-5H2,1H3,(H,16,17,18). The molecule has 1 aliphatic carbocycles. The Labute approximate surface area is 106 Å². The first-order valence-corrected chi connectivity index (χ1v) is 6.42. The Balaban J connectivity index is 2.08. The predicted molar refractivity (Wildman–Crippen MR) is 71.7 cm³/mol. The van der Waals surface area contributed by atoms with Crippen molar-refractivity contribution in [1.29, 1.82) is 0 Å². The lowest BCUT2D eigenvalue weighted by Crippen LogP contribution is -2.12. The van der Waals surface area contributed by atoms with Crippen LogP contribution in [-0.2, 0) is 12.8 Å². The first kappa shape index (κ1) is 11.2. The molecule has 1 N–H and O–H groups in total. The summed E-state index contributed by atoms with van der Waals surface area (Å²) in [5.41, 5.74) is 5.25. The number of benzene rings is 1. The summed E-state index contributed by atoms with van der Waals surface area (Å²) in [5, 5.41) is 0. The van der Waals surface area contributed by atoms with Crippen LogP contribution in [0.4, 0.5) is 0 Å². The maximum atomic E-state index is 11.4. The number of nitrogens with one attached hydrogen (secondary N) is 1. The third kappa shape index (κ3) is 2.08. The van der Waals surface area contributed by atoms with Gasteiger partial charge in [0.2, 0.25) is 0 Å². The van der Waals surface area contributed by atoms with E-state index in [9.17, 15) is 4.79 Å². The second-order valence-electron chi connectivity index (χ2n) is 4.95. The zero-order valence-electron chi connectivity index (χ0n) is 10.5. The molecule has 1 heterocycles. The maximum absolute atomic E-state index is 11.4. The lowest BCUT2D eigenvalue weighted by molar-refractivity contribution is 0.686. The molecule has 3 nitrogen and oxygen atoms in total. The lowest BCUT2D eigenvalue weighted by atomic mass is 9.90. The summed E-state index contributed by atoms with van der Waals surface area (Å²) in [6.07, 6.45) is 4.87. The molecule has 0 fully saturated rings. The fraction of sp³-hybridized carbons (Fsp3) is 0.333. The SMILES string of the molecule is Cc1cc(-c2ccc3c(c2)CCCC3)nc(=O)[nH]1. The number of aromatic amines is 1. The van der Waals surface area contributed by atoms with Gasteiger partial charge in [0.25, 0.3) is 0 Å². The van der Waals surface area contributed by atoms with Crippen molar-refractivity contribution in [2.24, 2.45) is 0 Å². The fourth-order valence-electron chi connectivity index (χ4n) is 2.62. The van der Waals surface area contributed by atoms with E-state index in [4.69, 9.17) is 0 Å². The van der Waals surface area contributed by atoms with Crippen molar-refractivity contribution < 1.29 is 0 Å². The van der Waals surface area contributed by atoms with Crippen molar-refractivity contribution in [3.63, 3.8) is 0 Å². The van der Waals surface area contributed by atoms with E-state index in [2.05, 4.69) is 28.2 Å². The summed E-state index contributed by atoms with van der Waals surface area (Å²) in [7, 11) is 0. The van der Waals surface area contributed by atoms with Gasteiger partial charge in [-0.3, -0.25) is 0 Å². The monoisotopic (exact) mass is 240 g/mol. The van der Waals surface area contributed by atoms with E-state index in [0.717, 1.165) is 23.4 Å². The van der Waals surface area contributed by atoms with E-state index < -0.39 is 0 Å². The quantitative estimate of drug-likeness (QED) is 0.832. The third-order valence-electron chi connectivity index (χ3n) is 3.52. The Kier molecular flexibility index (Phi) is 2.74. The molecule has 18 heavy (non-hydrogen) atoms. The second kappa shape index (κ2) is 4.41. The van der Waals surface area contributed by atoms with Crippen molar-refractivity contribution in [2.45, 2.75) is 32.6 Å². The number of hydrogen-bond acceptors (Lipinski definition) is 2. The van der Waals surface area contributed by atoms with Crippen LogP contribution in [0.1, 0.15) is 29.7 Å². The van der Waals surface area contributed by atoms with Crippen LogP contribution in [-0.4, -0.2) is 9.97 Å². The molecule has 3 rings (SSSR count). The van der Waals surface area contributed by atoms with Crippen LogP contribution in [0.15, 0.2) is 29.1 Å². The van der Waals surface area contributed by atoms with Crippen LogP contribution < -0.4 is 5.69 Å². The number of nitrogens with zero attached hydrogens (tertiary/aromatic N) is 1. The molecular formula is C15H16N2O. The number of aryl methyl sites for hydroxylation is 3. The highest BCUT2D eigenvalue weighted by atomic mass is 16.1. The molecule has 0 saturated carbocycles. The Hall–Kier alpha value is -1.90. The molecule has 92 valence electrons. The molecule has 2 aromatic rings. The average molecular weight is 240 g/mol. The molecule has 0 aliphatic heterocycles. The zero-order chi connectivity index (χ0) is 12.5. The zero-order valence-corrected chi connectivity index (χ0v) is 10.5. The molecule has 0 saturated heterocycles. The smallest absolute Gasteiger partial charge is 0.310 e. The van der Waals surface area contributed by atoms with Gasteiger partial charge in [0.05, 0.1) is 5.69 Å². The lowest BCUT2D eigenvalue weighted by Gasteiger charge is -2.16. The molecule has 0 bridgehead atoms. The Morgan fingerprint density at radius 2 is 1.89 bits per heavy atom. The van der Waals surface area contributed by atoms with E-state index >= 15 is 0 Å². The van der Waals surface area contributed by atoms with Gasteiger partial charge in [0.1, 0.15) is 0 Å². The van der Waals surface area contributed by atoms with Crippen LogP contribution in [0, 0.1) is 6.92 Å². The molecule has 0 amide bonds. The van der Waals surface area contributed by atoms with E-state index in [1.807, 2.05) is 13.0 Å². The number of hydrogen-bond donors (Lipinski definition) is 1. The second-order valence-corrected chi connectivity index (χ2v) is 4.95. The van der Waals surface area contributed by atoms with Crippen LogP contribution in [0.2, 0.25) is 0 Å². The predicted octanol–water partition coefficient (Wildman–Crippen LogP) is 2.62. The van der Waals surface area contributed by atoms with Crippen molar-refractivity contribution in [3.05, 3.63) is 51.6 Å². The number of aromatic nitrogens is 2. The van der Waals surface area contributed by atoms with Gasteiger partial charge in [-0.2, -0.15) is 4.98 Å². The van der Waals surface area contributed by atoms with Gasteiger partial charge in [0, 0.05) is 11.3 Å². The highest BCUT2D eigenvalue weighted by Gasteiger charge is 2.11. The van der Waals surface area contributed by atoms with Crippen molar-refractivity contribution in [3.8, 4) is 11.3 Å². The van der Waals surface area contributed by atoms with E-state index in [0.29, 0.717) is 0 Å². The molecule has 0 radical (unpaired) electrons. The molecule has 0 atom stereocenters. The summed E-state index contributed by atoms with van der Waals surface area (Å²) in [4.78, 5) is 18.1. The number of rotatable bonds is 1. The van der Waals surface area contributed by atoms with E-state index in [1.165, 1.54) is 30.4 Å². The Bertz CT molecular complexity index is 643. The first-order chi connectivity index (χ1) is 8.72. The third-order valence-corrected chi connectivity index (χ3v) is 3.52. The van der Waals surface area contributed by atoms with E-state index in [-0.39, 0.29) is 5.69 Å². The van der Waals surface area contributed by atoms with Crippen molar-refractivity contribution in [1.82, 2.24) is 9.97 Å². The molecule has 3 heteroatoms. The summed E-state index contributed by atoms with van der Waals surface area (Å²) in [6.45, 7) is 1.88. The van der Waals surface area contributed by atoms with Gasteiger partial charge in [-0.25, -0.2) is 4.79 Å². The Morgan fingerprint density at radius 3 is 2.67 bits per heavy atom. The minimum absolute atomic E-state index is 0.275. The highest BCUT2D eigenvalue weighted by molar-refractivity contribution is 5.61. The van der Waals surface area contributed by atoms with Gasteiger partial charge >= 0.3 is 5.69 Å². The molecule has 1 aliphatic rings. The largest absolute Gasteiger partial charge is 0.345 e. The average Bonchev–Trinajstić information content (AvgIpc) is 2.37. The molecule has 0 spiro atoms. The Morgan fingerprint density at radius 1 is 1.11 bits per heavy atom. The summed E-state index contributed by atoms with van der Waals surface area (Å²) >= 11 is 0. The van der Waals surface area contributed by atoms with Crippen LogP contribution >= 0.6 is 0 Å². The summed E-state index contributed by atoms with van der Waals surface area (Å²) < 4.78 is 0. The van der Waals surface area contributed by atoms with Gasteiger partial charge in [0.15, 0.2) is 0 Å². The molecule has 1 aromatic heterocycles. The topological polar surface area (TPSA) is 45.8 Å². The van der Waals surface area contributed by atoms with Gasteiger partial charge < -0.3 is 4.98 Å². The normalized spacial score (nSPS) is 14.3. The highest BCUT2D eigenvalue weighted by Crippen LogP contribution is 2.26. The number of fused-ring (bicyclic) bond motifs is 1. The minimum atomic E-state index is -0.275. The molecule has 1 aromatic carbocycles. The first-order valence-electron chi connectivity index (χ1n) is 6.42. The van der Waals surface area contributed by atoms with Gasteiger partial charge in [-0.1, -0.05) is 12.1 Å². The van der Waals surface area contributed by atoms with Gasteiger partial charge in [-0.15, -0.1) is 0 Å². The molecule has 0 unspecified atom stereocenters. The van der Waals surface area contributed by atoms with Crippen molar-refractivity contribution >= 4 is 0 Å². The fourth-order valence-corrected chi connectivity index (χ4v) is 2.62. The summed E-state index contributed by atoms with van der Waals surface area (Å²) in [6, 6.07) is 8.37. The summed E-state index contributed by atoms with van der Waals surface area (Å²) in [5.74, 6) is 0. The maximum Gasteiger partial charge on any atom is 0.345 e. The van der Waals surface area contributed by atoms with Crippen LogP contribution in [0.3, 0.4) is 0 Å².